The van der Waals surface area contributed by atoms with Crippen LogP contribution in [0.4, 0.5) is 0 Å². The molecule has 1 amide bonds. The van der Waals surface area contributed by atoms with Crippen molar-refractivity contribution in [2.75, 3.05) is 32.8 Å². The van der Waals surface area contributed by atoms with Gasteiger partial charge < -0.3 is 15.8 Å². The number of hydrogen-bond acceptors (Lipinski definition) is 4. The predicted molar refractivity (Wildman–Crippen MR) is 108 cm³/mol. The van der Waals surface area contributed by atoms with E-state index in [9.17, 15) is 4.79 Å². The van der Waals surface area contributed by atoms with Gasteiger partial charge in [0.05, 0.1) is 5.92 Å². The summed E-state index contributed by atoms with van der Waals surface area (Å²) in [7, 11) is 0. The highest BCUT2D eigenvalue weighted by molar-refractivity contribution is 5.85. The molecule has 4 rings (SSSR count). The lowest BCUT2D eigenvalue weighted by Gasteiger charge is -2.48. The highest BCUT2D eigenvalue weighted by Crippen LogP contribution is 2.47. The molecule has 5 nitrogen and oxygen atoms in total. The summed E-state index contributed by atoms with van der Waals surface area (Å²) in [5.74, 6) is 1.40. The first-order valence-electron chi connectivity index (χ1n) is 10.1. The van der Waals surface area contributed by atoms with Crippen molar-refractivity contribution >= 4 is 30.7 Å². The standard InChI is InChI=1S/C19H33N3O2.2ClH/c20-17-15-5-4-14(12-15)16(17)18(23)21-13-19(6-10-24-11-7-19)22-8-2-1-3-9-22;;/h14-17H,1-13,20H2,(H,21,23);2*1H. The maximum absolute atomic E-state index is 12.9. The molecule has 26 heavy (non-hydrogen) atoms. The van der Waals surface area contributed by atoms with Gasteiger partial charge in [0.25, 0.3) is 0 Å². The van der Waals surface area contributed by atoms with Gasteiger partial charge in [0.1, 0.15) is 0 Å². The van der Waals surface area contributed by atoms with E-state index in [-0.39, 0.29) is 48.2 Å². The van der Waals surface area contributed by atoms with Gasteiger partial charge in [-0.2, -0.15) is 0 Å². The normalized spacial score (nSPS) is 36.0. The molecule has 4 unspecified atom stereocenters. The summed E-state index contributed by atoms with van der Waals surface area (Å²) in [6.45, 7) is 4.75. The molecule has 2 bridgehead atoms. The van der Waals surface area contributed by atoms with Crippen LogP contribution in [0.2, 0.25) is 0 Å². The van der Waals surface area contributed by atoms with Gasteiger partial charge >= 0.3 is 0 Å². The number of nitrogens with one attached hydrogen (secondary N) is 1. The minimum absolute atomic E-state index is 0. The maximum atomic E-state index is 12.9. The minimum atomic E-state index is 0. The van der Waals surface area contributed by atoms with Gasteiger partial charge in [-0.15, -0.1) is 24.8 Å². The molecule has 0 aromatic carbocycles. The number of carbonyl (C=O) groups is 1. The monoisotopic (exact) mass is 407 g/mol. The topological polar surface area (TPSA) is 67.6 Å². The molecule has 4 fully saturated rings. The number of nitrogens with zero attached hydrogens (tertiary/aromatic N) is 1. The van der Waals surface area contributed by atoms with E-state index < -0.39 is 0 Å². The summed E-state index contributed by atoms with van der Waals surface area (Å²) in [4.78, 5) is 15.5. The molecular weight excluding hydrogens is 373 g/mol. The Kier molecular flexibility index (Phi) is 8.05. The molecule has 2 aliphatic carbocycles. The highest BCUT2D eigenvalue weighted by Gasteiger charge is 2.49. The third-order valence-corrected chi connectivity index (χ3v) is 7.33. The second-order valence-corrected chi connectivity index (χ2v) is 8.54. The zero-order chi connectivity index (χ0) is 16.6. The number of ether oxygens (including phenoxy) is 1. The molecular formula is C19H35Cl2N3O2. The Bertz CT molecular complexity index is 466. The summed E-state index contributed by atoms with van der Waals surface area (Å²) < 4.78 is 5.62. The first-order valence-corrected chi connectivity index (χ1v) is 10.1. The SMILES string of the molecule is Cl.Cl.NC1C2CCC(C2)C1C(=O)NCC1(N2CCCCC2)CCOCC1. The molecule has 2 saturated carbocycles. The van der Waals surface area contributed by atoms with E-state index in [1.807, 2.05) is 0 Å². The number of rotatable bonds is 4. The summed E-state index contributed by atoms with van der Waals surface area (Å²) in [5.41, 5.74) is 6.47. The molecule has 2 saturated heterocycles. The van der Waals surface area contributed by atoms with Crippen molar-refractivity contribution in [3.05, 3.63) is 0 Å². The first-order chi connectivity index (χ1) is 11.7. The third kappa shape index (κ3) is 4.17. The van der Waals surface area contributed by atoms with Gasteiger partial charge in [-0.25, -0.2) is 0 Å². The first kappa shape index (κ1) is 22.2. The average Bonchev–Trinajstić information content (AvgIpc) is 3.22. The molecule has 0 aromatic heterocycles. The molecule has 152 valence electrons. The fourth-order valence-electron chi connectivity index (χ4n) is 5.82. The van der Waals surface area contributed by atoms with Crippen molar-refractivity contribution in [2.24, 2.45) is 23.5 Å². The Morgan fingerprint density at radius 1 is 1.08 bits per heavy atom. The van der Waals surface area contributed by atoms with Gasteiger partial charge in [-0.3, -0.25) is 9.69 Å². The second kappa shape index (κ2) is 9.42. The van der Waals surface area contributed by atoms with Gasteiger partial charge in [0.2, 0.25) is 5.91 Å². The Morgan fingerprint density at radius 2 is 1.73 bits per heavy atom. The molecule has 0 radical (unpaired) electrons. The van der Waals surface area contributed by atoms with Crippen LogP contribution in [0, 0.1) is 17.8 Å². The minimum Gasteiger partial charge on any atom is -0.381 e. The predicted octanol–water partition coefficient (Wildman–Crippen LogP) is 2.35. The fourth-order valence-corrected chi connectivity index (χ4v) is 5.82. The van der Waals surface area contributed by atoms with Crippen LogP contribution >= 0.6 is 24.8 Å². The summed E-state index contributed by atoms with van der Waals surface area (Å²) in [6, 6.07) is 0.0874. The van der Waals surface area contributed by atoms with Crippen LogP contribution in [0.15, 0.2) is 0 Å². The fraction of sp³-hybridized carbons (Fsp3) is 0.947. The van der Waals surface area contributed by atoms with Crippen molar-refractivity contribution in [3.8, 4) is 0 Å². The van der Waals surface area contributed by atoms with Crippen molar-refractivity contribution < 1.29 is 9.53 Å². The Labute approximate surface area is 170 Å². The lowest BCUT2D eigenvalue weighted by molar-refractivity contribution is -0.128. The number of fused-ring (bicyclic) bond motifs is 2. The number of carbonyl (C=O) groups excluding carboxylic acids is 1. The van der Waals surface area contributed by atoms with E-state index in [0.29, 0.717) is 11.8 Å². The summed E-state index contributed by atoms with van der Waals surface area (Å²) in [5, 5.41) is 3.33. The zero-order valence-corrected chi connectivity index (χ0v) is 17.3. The average molecular weight is 408 g/mol. The maximum Gasteiger partial charge on any atom is 0.225 e. The van der Waals surface area contributed by atoms with Gasteiger partial charge in [0.15, 0.2) is 0 Å². The zero-order valence-electron chi connectivity index (χ0n) is 15.7. The van der Waals surface area contributed by atoms with Crippen LogP contribution < -0.4 is 11.1 Å². The van der Waals surface area contributed by atoms with Crippen LogP contribution in [0.1, 0.15) is 51.4 Å². The Hall–Kier alpha value is -0.0700. The van der Waals surface area contributed by atoms with Gasteiger partial charge in [0, 0.05) is 31.3 Å². The smallest absolute Gasteiger partial charge is 0.225 e. The Balaban J connectivity index is 0.00000121. The van der Waals surface area contributed by atoms with Gasteiger partial charge in [-0.1, -0.05) is 6.42 Å². The van der Waals surface area contributed by atoms with Crippen LogP contribution in [-0.4, -0.2) is 55.2 Å². The van der Waals surface area contributed by atoms with E-state index in [2.05, 4.69) is 10.2 Å². The summed E-state index contributed by atoms with van der Waals surface area (Å²) >= 11 is 0. The lowest BCUT2D eigenvalue weighted by atomic mass is 9.83. The van der Waals surface area contributed by atoms with Crippen LogP contribution in [0.3, 0.4) is 0 Å². The van der Waals surface area contributed by atoms with Gasteiger partial charge in [-0.05, 0) is 69.9 Å². The second-order valence-electron chi connectivity index (χ2n) is 8.54. The van der Waals surface area contributed by atoms with Crippen molar-refractivity contribution in [1.29, 1.82) is 0 Å². The Morgan fingerprint density at radius 3 is 2.35 bits per heavy atom. The lowest BCUT2D eigenvalue weighted by Crippen LogP contribution is -2.60. The molecule has 0 spiro atoms. The highest BCUT2D eigenvalue weighted by atomic mass is 35.5. The molecule has 2 heterocycles. The summed E-state index contributed by atoms with van der Waals surface area (Å²) in [6.07, 6.45) is 9.58. The number of piperidine rings is 1. The molecule has 4 atom stereocenters. The number of amides is 1. The van der Waals surface area contributed by atoms with Crippen molar-refractivity contribution in [3.63, 3.8) is 0 Å². The number of hydrogen-bond donors (Lipinski definition) is 2. The number of likely N-dealkylation sites (tertiary alicyclic amines) is 1. The molecule has 3 N–H and O–H groups in total. The van der Waals surface area contributed by atoms with E-state index in [4.69, 9.17) is 10.5 Å². The molecule has 7 heteroatoms. The van der Waals surface area contributed by atoms with Crippen molar-refractivity contribution in [2.45, 2.75) is 62.9 Å². The van der Waals surface area contributed by atoms with E-state index >= 15 is 0 Å². The van der Waals surface area contributed by atoms with E-state index in [1.165, 1.54) is 51.6 Å². The van der Waals surface area contributed by atoms with Crippen LogP contribution in [0.25, 0.3) is 0 Å². The quantitative estimate of drug-likeness (QED) is 0.750. The number of halogens is 2. The van der Waals surface area contributed by atoms with Crippen LogP contribution in [0.5, 0.6) is 0 Å². The van der Waals surface area contributed by atoms with E-state index in [0.717, 1.165) is 32.6 Å². The molecule has 4 aliphatic rings. The number of nitrogens with two attached hydrogens (primary N) is 1. The molecule has 2 aliphatic heterocycles. The van der Waals surface area contributed by atoms with E-state index in [1.54, 1.807) is 0 Å². The third-order valence-electron chi connectivity index (χ3n) is 7.33. The molecule has 0 aromatic rings. The van der Waals surface area contributed by atoms with Crippen molar-refractivity contribution in [1.82, 2.24) is 10.2 Å². The van der Waals surface area contributed by atoms with Crippen LogP contribution in [-0.2, 0) is 9.53 Å². The largest absolute Gasteiger partial charge is 0.381 e.